The maximum atomic E-state index is 11.6. The molecule has 0 spiro atoms. The van der Waals surface area contributed by atoms with Gasteiger partial charge in [0.2, 0.25) is 0 Å². The maximum absolute atomic E-state index is 11.6. The molecule has 0 saturated carbocycles. The van der Waals surface area contributed by atoms with Crippen LogP contribution >= 0.6 is 0 Å². The summed E-state index contributed by atoms with van der Waals surface area (Å²) < 4.78 is 5.15. The zero-order valence-corrected chi connectivity index (χ0v) is 12.8. The van der Waals surface area contributed by atoms with Crippen molar-refractivity contribution in [1.29, 1.82) is 0 Å². The summed E-state index contributed by atoms with van der Waals surface area (Å²) in [5, 5.41) is 11.5. The largest absolute Gasteiger partial charge is 0.480 e. The molecule has 0 aliphatic carbocycles. The Labute approximate surface area is 124 Å². The number of anilines is 1. The molecule has 0 aliphatic rings. The Bertz CT molecular complexity index is 509. The number of benzene rings is 1. The van der Waals surface area contributed by atoms with E-state index in [1.165, 1.54) is 0 Å². The number of hydrogen-bond donors (Lipinski definition) is 2. The van der Waals surface area contributed by atoms with Gasteiger partial charge in [0.05, 0.1) is 0 Å². The van der Waals surface area contributed by atoms with Crippen molar-refractivity contribution in [3.63, 3.8) is 0 Å². The molecule has 0 unspecified atom stereocenters. The lowest BCUT2D eigenvalue weighted by Gasteiger charge is -2.20. The highest BCUT2D eigenvalue weighted by molar-refractivity contribution is 5.73. The summed E-state index contributed by atoms with van der Waals surface area (Å²) in [5.74, 6) is -0.894. The molecule has 6 nitrogen and oxygen atoms in total. The minimum Gasteiger partial charge on any atom is -0.480 e. The van der Waals surface area contributed by atoms with Gasteiger partial charge in [0, 0.05) is 19.3 Å². The zero-order chi connectivity index (χ0) is 16.0. The van der Waals surface area contributed by atoms with Gasteiger partial charge in [0.1, 0.15) is 12.1 Å². The molecule has 0 bridgehead atoms. The van der Waals surface area contributed by atoms with Gasteiger partial charge in [-0.1, -0.05) is 12.1 Å². The fourth-order valence-electron chi connectivity index (χ4n) is 1.69. The molecule has 116 valence electrons. The minimum atomic E-state index is -0.894. The molecule has 0 atom stereocenters. The van der Waals surface area contributed by atoms with E-state index in [9.17, 15) is 9.59 Å². The third-order valence-electron chi connectivity index (χ3n) is 2.56. The first kappa shape index (κ1) is 16.8. The molecule has 0 fully saturated rings. The van der Waals surface area contributed by atoms with E-state index in [1.54, 1.807) is 32.7 Å². The topological polar surface area (TPSA) is 78.9 Å². The standard InChI is InChI=1S/C15H22N2O4/c1-15(2,3)21-14(20)16-9-11-6-5-7-12(8-11)17(4)10-13(18)19/h5-8H,9-10H2,1-4H3,(H,16,20)(H,18,19). The molecular formula is C15H22N2O4. The average Bonchev–Trinajstić information content (AvgIpc) is 2.34. The van der Waals surface area contributed by atoms with E-state index in [2.05, 4.69) is 5.32 Å². The number of amides is 1. The lowest BCUT2D eigenvalue weighted by molar-refractivity contribution is -0.135. The van der Waals surface area contributed by atoms with Crippen molar-refractivity contribution < 1.29 is 19.4 Å². The number of alkyl carbamates (subject to hydrolysis) is 1. The Balaban J connectivity index is 2.61. The van der Waals surface area contributed by atoms with Gasteiger partial charge in [-0.15, -0.1) is 0 Å². The van der Waals surface area contributed by atoms with Gasteiger partial charge < -0.3 is 20.1 Å². The van der Waals surface area contributed by atoms with E-state index in [4.69, 9.17) is 9.84 Å². The Morgan fingerprint density at radius 3 is 2.57 bits per heavy atom. The number of nitrogens with one attached hydrogen (secondary N) is 1. The number of carboxylic acids is 1. The van der Waals surface area contributed by atoms with Crippen LogP contribution in [0, 0.1) is 0 Å². The van der Waals surface area contributed by atoms with Crippen LogP contribution in [0.4, 0.5) is 10.5 Å². The summed E-state index contributed by atoms with van der Waals surface area (Å²) in [6, 6.07) is 7.33. The third-order valence-corrected chi connectivity index (χ3v) is 2.56. The third kappa shape index (κ3) is 6.65. The molecular weight excluding hydrogens is 272 g/mol. The number of aliphatic carboxylic acids is 1. The smallest absolute Gasteiger partial charge is 0.407 e. The second-order valence-corrected chi connectivity index (χ2v) is 5.78. The van der Waals surface area contributed by atoms with Gasteiger partial charge in [-0.25, -0.2) is 4.79 Å². The highest BCUT2D eigenvalue weighted by atomic mass is 16.6. The second-order valence-electron chi connectivity index (χ2n) is 5.78. The van der Waals surface area contributed by atoms with Crippen molar-refractivity contribution in [2.24, 2.45) is 0 Å². The van der Waals surface area contributed by atoms with E-state index in [0.29, 0.717) is 6.54 Å². The van der Waals surface area contributed by atoms with Gasteiger partial charge in [-0.05, 0) is 38.5 Å². The molecule has 2 N–H and O–H groups in total. The molecule has 0 saturated heterocycles. The van der Waals surface area contributed by atoms with E-state index >= 15 is 0 Å². The van der Waals surface area contributed by atoms with Crippen molar-refractivity contribution in [3.8, 4) is 0 Å². The quantitative estimate of drug-likeness (QED) is 0.870. The Morgan fingerprint density at radius 1 is 1.33 bits per heavy atom. The summed E-state index contributed by atoms with van der Waals surface area (Å²) in [4.78, 5) is 23.9. The summed E-state index contributed by atoms with van der Waals surface area (Å²) in [7, 11) is 1.70. The molecule has 1 rings (SSSR count). The Morgan fingerprint density at radius 2 is 2.00 bits per heavy atom. The van der Waals surface area contributed by atoms with Crippen molar-refractivity contribution >= 4 is 17.7 Å². The lowest BCUT2D eigenvalue weighted by Crippen LogP contribution is -2.32. The zero-order valence-electron chi connectivity index (χ0n) is 12.8. The molecule has 0 aromatic heterocycles. The molecule has 21 heavy (non-hydrogen) atoms. The highest BCUT2D eigenvalue weighted by Gasteiger charge is 2.15. The van der Waals surface area contributed by atoms with Crippen LogP contribution in [0.3, 0.4) is 0 Å². The number of rotatable bonds is 5. The van der Waals surface area contributed by atoms with Gasteiger partial charge in [-0.3, -0.25) is 4.79 Å². The van der Waals surface area contributed by atoms with Crippen LogP contribution in [0.1, 0.15) is 26.3 Å². The van der Waals surface area contributed by atoms with Gasteiger partial charge in [0.15, 0.2) is 0 Å². The SMILES string of the molecule is CN(CC(=O)O)c1cccc(CNC(=O)OC(C)(C)C)c1. The Hall–Kier alpha value is -2.24. The first-order valence-electron chi connectivity index (χ1n) is 6.66. The summed E-state index contributed by atoms with van der Waals surface area (Å²) in [6.07, 6.45) is -0.480. The molecule has 0 radical (unpaired) electrons. The van der Waals surface area contributed by atoms with Crippen LogP contribution in [0.2, 0.25) is 0 Å². The fraction of sp³-hybridized carbons (Fsp3) is 0.467. The molecule has 1 aromatic carbocycles. The number of nitrogens with zero attached hydrogens (tertiary/aromatic N) is 1. The monoisotopic (exact) mass is 294 g/mol. The number of hydrogen-bond acceptors (Lipinski definition) is 4. The Kier molecular flexibility index (Phi) is 5.58. The van der Waals surface area contributed by atoms with Gasteiger partial charge >= 0.3 is 12.1 Å². The van der Waals surface area contributed by atoms with Gasteiger partial charge in [-0.2, -0.15) is 0 Å². The lowest BCUT2D eigenvalue weighted by atomic mass is 10.2. The molecule has 6 heteroatoms. The summed E-state index contributed by atoms with van der Waals surface area (Å²) >= 11 is 0. The predicted octanol–water partition coefficient (Wildman–Crippen LogP) is 2.23. The molecule has 1 aromatic rings. The van der Waals surface area contributed by atoms with E-state index < -0.39 is 17.7 Å². The first-order valence-corrected chi connectivity index (χ1v) is 6.66. The highest BCUT2D eigenvalue weighted by Crippen LogP contribution is 2.15. The van der Waals surface area contributed by atoms with Gasteiger partial charge in [0.25, 0.3) is 0 Å². The first-order chi connectivity index (χ1) is 9.67. The number of carbonyl (C=O) groups is 2. The normalized spacial score (nSPS) is 10.9. The van der Waals surface area contributed by atoms with E-state index in [0.717, 1.165) is 11.3 Å². The molecule has 0 heterocycles. The van der Waals surface area contributed by atoms with E-state index in [1.807, 2.05) is 24.3 Å². The number of carbonyl (C=O) groups excluding carboxylic acids is 1. The molecule has 1 amide bonds. The average molecular weight is 294 g/mol. The minimum absolute atomic E-state index is 0.0804. The number of likely N-dealkylation sites (N-methyl/N-ethyl adjacent to an activating group) is 1. The van der Waals surface area contributed by atoms with E-state index in [-0.39, 0.29) is 6.54 Å². The number of carboxylic acid groups (broad SMARTS) is 1. The predicted molar refractivity (Wildman–Crippen MR) is 80.4 cm³/mol. The van der Waals surface area contributed by atoms with Crippen LogP contribution < -0.4 is 10.2 Å². The van der Waals surface area contributed by atoms with Crippen LogP contribution in [-0.4, -0.2) is 36.4 Å². The van der Waals surface area contributed by atoms with Crippen molar-refractivity contribution in [2.45, 2.75) is 32.9 Å². The summed E-state index contributed by atoms with van der Waals surface area (Å²) in [6.45, 7) is 5.64. The number of ether oxygens (including phenoxy) is 1. The van der Waals surface area contributed by atoms with Crippen molar-refractivity contribution in [1.82, 2.24) is 5.32 Å². The molecule has 0 aliphatic heterocycles. The maximum Gasteiger partial charge on any atom is 0.407 e. The summed E-state index contributed by atoms with van der Waals surface area (Å²) in [5.41, 5.74) is 1.12. The fourth-order valence-corrected chi connectivity index (χ4v) is 1.69. The van der Waals surface area contributed by atoms with Crippen LogP contribution in [0.25, 0.3) is 0 Å². The second kappa shape index (κ2) is 6.97. The van der Waals surface area contributed by atoms with Crippen LogP contribution in [0.15, 0.2) is 24.3 Å². The van der Waals surface area contributed by atoms with Crippen molar-refractivity contribution in [3.05, 3.63) is 29.8 Å². The van der Waals surface area contributed by atoms with Crippen LogP contribution in [-0.2, 0) is 16.1 Å². The van der Waals surface area contributed by atoms with Crippen LogP contribution in [0.5, 0.6) is 0 Å². The van der Waals surface area contributed by atoms with Crippen molar-refractivity contribution in [2.75, 3.05) is 18.5 Å².